The first kappa shape index (κ1) is 33.9. The number of carboxylic acid groups (broad SMARTS) is 1. The van der Waals surface area contributed by atoms with Gasteiger partial charge in [0.05, 0.1) is 19.8 Å². The van der Waals surface area contributed by atoms with Gasteiger partial charge in [0.15, 0.2) is 18.9 Å². The largest absolute Gasteiger partial charge is 1.00 e. The Morgan fingerprint density at radius 2 is 1.05 bits per heavy atom. The minimum Gasteiger partial charge on any atom is -0.538 e. The fraction of sp³-hybridized carbons (Fsp3) is 0.947. The molecule has 3 rings (SSSR count). The van der Waals surface area contributed by atoms with Crippen LogP contribution >= 0.6 is 0 Å². The van der Waals surface area contributed by atoms with Gasteiger partial charge in [-0.15, -0.1) is 0 Å². The number of hydrogen-bond donors (Lipinski definition) is 10. The molecule has 3 saturated heterocycles. The van der Waals surface area contributed by atoms with Crippen LogP contribution in [0.15, 0.2) is 0 Å². The topological polar surface area (TPSA) is 298 Å². The maximum atomic E-state index is 11.0. The third kappa shape index (κ3) is 7.11. The summed E-state index contributed by atoms with van der Waals surface area (Å²) in [5.41, 5.74) is 0. The molecule has 3 aliphatic rings. The number of ether oxygens (including phenoxy) is 6. The third-order valence-corrected chi connectivity index (χ3v) is 6.30. The first-order chi connectivity index (χ1) is 17.4. The fourth-order valence-electron chi connectivity index (χ4n) is 4.28. The molecular formula is C19H31NaO18. The van der Waals surface area contributed by atoms with E-state index in [1.54, 1.807) is 0 Å². The van der Waals surface area contributed by atoms with Crippen molar-refractivity contribution in [3.63, 3.8) is 0 Å². The molecule has 15 atom stereocenters. The van der Waals surface area contributed by atoms with E-state index >= 15 is 0 Å². The van der Waals surface area contributed by atoms with Crippen molar-refractivity contribution in [2.45, 2.75) is 92.1 Å². The Morgan fingerprint density at radius 1 is 0.605 bits per heavy atom. The van der Waals surface area contributed by atoms with E-state index in [4.69, 9.17) is 23.7 Å². The van der Waals surface area contributed by atoms with E-state index in [0.717, 1.165) is 0 Å². The summed E-state index contributed by atoms with van der Waals surface area (Å²) < 4.78 is 30.9. The van der Waals surface area contributed by atoms with Crippen molar-refractivity contribution in [2.75, 3.05) is 19.8 Å². The Morgan fingerprint density at radius 3 is 1.58 bits per heavy atom. The van der Waals surface area contributed by atoms with Crippen LogP contribution in [0.3, 0.4) is 0 Å². The maximum absolute atomic E-state index is 11.0. The number of aliphatic hydroxyl groups excluding tert-OH is 10. The van der Waals surface area contributed by atoms with Gasteiger partial charge in [-0.2, -0.15) is 0 Å². The van der Waals surface area contributed by atoms with E-state index in [1.807, 2.05) is 0 Å². The standard InChI is InChI=1S/C19H32O18.Na/c20-1-4-7(23)8(24)15(37-19(30)31)18(33-4)36-14-6(3-22)34-17(12(28)10(14)26)35-13-5(2-21)32-16(29)11(27)9(13)25;/h4-18,20-29H,1-3H2,(H,30,31);/q;+1/p-1/t4-,5-,6-,7-,8+,9-,10-,11-,12-,13-,14-,15-,16?,17-,18-;/m1./s1. The molecule has 38 heavy (non-hydrogen) atoms. The van der Waals surface area contributed by atoms with Crippen LogP contribution in [0.2, 0.25) is 0 Å². The number of aliphatic hydroxyl groups is 10. The average molecular weight is 570 g/mol. The van der Waals surface area contributed by atoms with Crippen LogP contribution in [0, 0.1) is 0 Å². The second-order valence-electron chi connectivity index (χ2n) is 8.68. The molecule has 0 aromatic carbocycles. The molecule has 18 nitrogen and oxygen atoms in total. The Balaban J connectivity index is 0.00000507. The smallest absolute Gasteiger partial charge is 0.538 e. The molecule has 0 bridgehead atoms. The molecule has 0 amide bonds. The minimum absolute atomic E-state index is 0. The minimum atomic E-state index is -2.14. The molecule has 1 unspecified atom stereocenters. The molecule has 0 saturated carbocycles. The zero-order valence-electron chi connectivity index (χ0n) is 20.0. The van der Waals surface area contributed by atoms with Gasteiger partial charge in [0.2, 0.25) is 0 Å². The zero-order valence-corrected chi connectivity index (χ0v) is 22.0. The number of rotatable bonds is 8. The van der Waals surface area contributed by atoms with Gasteiger partial charge in [0.1, 0.15) is 73.2 Å². The summed E-state index contributed by atoms with van der Waals surface area (Å²) in [6.07, 6.45) is -28.9. The van der Waals surface area contributed by atoms with Crippen LogP contribution in [0.4, 0.5) is 4.79 Å². The van der Waals surface area contributed by atoms with Crippen LogP contribution in [0.5, 0.6) is 0 Å². The summed E-state index contributed by atoms with van der Waals surface area (Å²) in [5, 5.41) is 111. The summed E-state index contributed by atoms with van der Waals surface area (Å²) >= 11 is 0. The molecule has 10 N–H and O–H groups in total. The van der Waals surface area contributed by atoms with E-state index in [9.17, 15) is 61.0 Å². The molecule has 3 aliphatic heterocycles. The molecule has 0 aromatic heterocycles. The van der Waals surface area contributed by atoms with Gasteiger partial charge < -0.3 is 89.4 Å². The monoisotopic (exact) mass is 570 g/mol. The van der Waals surface area contributed by atoms with Crippen molar-refractivity contribution < 1.29 is 119 Å². The Labute approximate surface area is 236 Å². The summed E-state index contributed by atoms with van der Waals surface area (Å²) in [4.78, 5) is 11.0. The van der Waals surface area contributed by atoms with Crippen molar-refractivity contribution in [3.8, 4) is 0 Å². The summed E-state index contributed by atoms with van der Waals surface area (Å²) in [5.74, 6) is 0. The van der Waals surface area contributed by atoms with Gasteiger partial charge in [0.25, 0.3) is 6.16 Å². The molecule has 3 heterocycles. The SMILES string of the molecule is O=C([O-])O[C@H]1[C@@H](O[C@H]2[C@H](O)[C@@H](O)[C@@H](O[C@H]3[C@H](O)[C@@H](O)C(O)O[C@@H]3CO)O[C@@H]2CO)O[C@H](CO)[C@@H](O)[C@@H]1O.[Na+]. The molecular weight excluding hydrogens is 539 g/mol. The van der Waals surface area contributed by atoms with Gasteiger partial charge in [-0.3, -0.25) is 0 Å². The van der Waals surface area contributed by atoms with Crippen molar-refractivity contribution in [2.24, 2.45) is 0 Å². The average Bonchev–Trinajstić information content (AvgIpc) is 2.87. The predicted octanol–water partition coefficient (Wildman–Crippen LogP) is -11.2. The number of carbonyl (C=O) groups is 1. The number of carbonyl (C=O) groups excluding carboxylic acids is 1. The quantitative estimate of drug-likeness (QED) is 0.0956. The van der Waals surface area contributed by atoms with E-state index < -0.39 is 118 Å². The Kier molecular flexibility index (Phi) is 13.0. The summed E-state index contributed by atoms with van der Waals surface area (Å²) in [6.45, 7) is -2.55. The molecule has 0 radical (unpaired) electrons. The molecule has 3 fully saturated rings. The maximum Gasteiger partial charge on any atom is 1.00 e. The first-order valence-electron chi connectivity index (χ1n) is 11.2. The molecule has 216 valence electrons. The van der Waals surface area contributed by atoms with Crippen molar-refractivity contribution in [1.29, 1.82) is 0 Å². The van der Waals surface area contributed by atoms with E-state index in [2.05, 4.69) is 4.74 Å². The Bertz CT molecular complexity index is 744. The van der Waals surface area contributed by atoms with Crippen LogP contribution in [0.1, 0.15) is 0 Å². The summed E-state index contributed by atoms with van der Waals surface area (Å²) in [6, 6.07) is 0. The van der Waals surface area contributed by atoms with E-state index in [0.29, 0.717) is 0 Å². The second-order valence-corrected chi connectivity index (χ2v) is 8.68. The second kappa shape index (κ2) is 14.5. The molecule has 19 heteroatoms. The van der Waals surface area contributed by atoms with Crippen molar-refractivity contribution in [1.82, 2.24) is 0 Å². The van der Waals surface area contributed by atoms with Gasteiger partial charge in [-0.05, 0) is 0 Å². The van der Waals surface area contributed by atoms with Crippen molar-refractivity contribution >= 4 is 6.16 Å². The van der Waals surface area contributed by atoms with Gasteiger partial charge in [-0.25, -0.2) is 0 Å². The van der Waals surface area contributed by atoms with Gasteiger partial charge in [-0.1, -0.05) is 0 Å². The van der Waals surface area contributed by atoms with Crippen LogP contribution in [-0.4, -0.2) is 169 Å². The van der Waals surface area contributed by atoms with Gasteiger partial charge in [0, 0.05) is 0 Å². The van der Waals surface area contributed by atoms with E-state index in [1.165, 1.54) is 0 Å². The molecule has 0 spiro atoms. The first-order valence-corrected chi connectivity index (χ1v) is 11.2. The zero-order chi connectivity index (χ0) is 27.6. The van der Waals surface area contributed by atoms with Crippen LogP contribution in [-0.2, 0) is 28.4 Å². The summed E-state index contributed by atoms with van der Waals surface area (Å²) in [7, 11) is 0. The van der Waals surface area contributed by atoms with Crippen LogP contribution in [0.25, 0.3) is 0 Å². The van der Waals surface area contributed by atoms with Gasteiger partial charge >= 0.3 is 29.6 Å². The molecule has 0 aliphatic carbocycles. The van der Waals surface area contributed by atoms with Crippen molar-refractivity contribution in [3.05, 3.63) is 0 Å². The molecule has 0 aromatic rings. The predicted molar refractivity (Wildman–Crippen MR) is 106 cm³/mol. The normalized spacial score (nSPS) is 47.7. The third-order valence-electron chi connectivity index (χ3n) is 6.30. The Hall–Kier alpha value is -0.330. The fourth-order valence-corrected chi connectivity index (χ4v) is 4.28. The van der Waals surface area contributed by atoms with Crippen LogP contribution < -0.4 is 34.7 Å². The number of hydrogen-bond acceptors (Lipinski definition) is 18. The van der Waals surface area contributed by atoms with E-state index in [-0.39, 0.29) is 29.6 Å².